The van der Waals surface area contributed by atoms with Gasteiger partial charge in [0.05, 0.1) is 11.0 Å². The number of benzene rings is 1. The van der Waals surface area contributed by atoms with Crippen LogP contribution in [0.25, 0.3) is 21.9 Å². The number of hydrogen-bond acceptors (Lipinski definition) is 4. The van der Waals surface area contributed by atoms with Crippen LogP contribution in [0.1, 0.15) is 30.1 Å². The maximum Gasteiger partial charge on any atom is 0.108 e. The number of aromatic nitrogens is 3. The normalized spacial score (nSPS) is 26.8. The predicted molar refractivity (Wildman–Crippen MR) is 132 cm³/mol. The van der Waals surface area contributed by atoms with Crippen LogP contribution < -0.4 is 0 Å². The molecule has 0 saturated carbocycles. The Balaban J connectivity index is 0.00000116. The first-order chi connectivity index (χ1) is 14.2. The van der Waals surface area contributed by atoms with Crippen molar-refractivity contribution in [2.75, 3.05) is 59.4 Å². The zero-order chi connectivity index (χ0) is 19.4. The van der Waals surface area contributed by atoms with Gasteiger partial charge in [-0.05, 0) is 56.6 Å². The summed E-state index contributed by atoms with van der Waals surface area (Å²) in [5.74, 6) is 2.62. The largest absolute Gasteiger partial charge is 0.361 e. The summed E-state index contributed by atoms with van der Waals surface area (Å²) in [5, 5.41) is 1.36. The van der Waals surface area contributed by atoms with Crippen LogP contribution in [0, 0.1) is 5.92 Å². The van der Waals surface area contributed by atoms with Gasteiger partial charge in [-0.3, -0.25) is 0 Å². The van der Waals surface area contributed by atoms with E-state index in [2.05, 4.69) is 50.0 Å². The molecular formula is C23H34Cl2N6. The third kappa shape index (κ3) is 4.21. The molecule has 7 rings (SSSR count). The lowest BCUT2D eigenvalue weighted by Gasteiger charge is -2.44. The first-order valence-electron chi connectivity index (χ1n) is 11.4. The fourth-order valence-electron chi connectivity index (χ4n) is 5.83. The summed E-state index contributed by atoms with van der Waals surface area (Å²) in [7, 11) is 2.21. The van der Waals surface area contributed by atoms with E-state index >= 15 is 0 Å². The molecule has 2 aromatic heterocycles. The minimum absolute atomic E-state index is 0. The molecule has 4 fully saturated rings. The van der Waals surface area contributed by atoms with Crippen LogP contribution in [0.2, 0.25) is 0 Å². The number of H-pyrrole nitrogens is 2. The summed E-state index contributed by atoms with van der Waals surface area (Å²) < 4.78 is 0. The van der Waals surface area contributed by atoms with Crippen LogP contribution in [0.3, 0.4) is 0 Å². The summed E-state index contributed by atoms with van der Waals surface area (Å²) in [6, 6.07) is 4.42. The highest BCUT2D eigenvalue weighted by Crippen LogP contribution is 2.42. The third-order valence-corrected chi connectivity index (χ3v) is 7.69. The number of fused-ring (bicyclic) bond motifs is 6. The van der Waals surface area contributed by atoms with E-state index in [0.29, 0.717) is 5.92 Å². The average molecular weight is 465 g/mol. The predicted octanol–water partition coefficient (Wildman–Crippen LogP) is 3.49. The van der Waals surface area contributed by atoms with Crippen molar-refractivity contribution in [1.82, 2.24) is 29.7 Å². The molecule has 2 N–H and O–H groups in total. The van der Waals surface area contributed by atoms with Crippen LogP contribution in [0.4, 0.5) is 0 Å². The van der Waals surface area contributed by atoms with Crippen molar-refractivity contribution in [1.29, 1.82) is 0 Å². The van der Waals surface area contributed by atoms with Gasteiger partial charge in [-0.15, -0.1) is 24.8 Å². The number of imidazole rings is 1. The van der Waals surface area contributed by atoms with E-state index in [9.17, 15) is 0 Å². The van der Waals surface area contributed by atoms with Gasteiger partial charge in [0.2, 0.25) is 0 Å². The van der Waals surface area contributed by atoms with Gasteiger partial charge in [-0.1, -0.05) is 0 Å². The third-order valence-electron chi connectivity index (χ3n) is 7.69. The number of halogens is 2. The van der Waals surface area contributed by atoms with Crippen LogP contribution in [-0.2, 0) is 6.42 Å². The van der Waals surface area contributed by atoms with Gasteiger partial charge in [0.15, 0.2) is 0 Å². The van der Waals surface area contributed by atoms with Crippen molar-refractivity contribution in [2.24, 2.45) is 5.92 Å². The van der Waals surface area contributed by atoms with Crippen molar-refractivity contribution in [3.63, 3.8) is 0 Å². The molecule has 0 amide bonds. The minimum atomic E-state index is 0. The first kappa shape index (κ1) is 22.9. The molecule has 0 aliphatic carbocycles. The molecule has 0 radical (unpaired) electrons. The van der Waals surface area contributed by atoms with E-state index in [1.165, 1.54) is 86.2 Å². The fraction of sp³-hybridized carbons (Fsp3) is 0.609. The van der Waals surface area contributed by atoms with Crippen molar-refractivity contribution < 1.29 is 0 Å². The van der Waals surface area contributed by atoms with E-state index < -0.39 is 0 Å². The maximum atomic E-state index is 5.10. The summed E-state index contributed by atoms with van der Waals surface area (Å²) >= 11 is 0. The second-order valence-corrected chi connectivity index (χ2v) is 9.45. The average Bonchev–Trinajstić information content (AvgIpc) is 3.37. The van der Waals surface area contributed by atoms with Gasteiger partial charge in [0.1, 0.15) is 5.82 Å². The van der Waals surface area contributed by atoms with Gasteiger partial charge in [0, 0.05) is 68.7 Å². The standard InChI is InChI=1S/C23H32N6.2ClH/c1-27-10-12-28(13-11-27)9-6-21-25-20-3-2-19-22(23(20)26-21)17(14-24-19)18-15-29-7-4-16(18)5-8-29;;/h2-3,14,16,18,24H,4-13,15H2,1H3,(H,25,26);2*1H. The highest BCUT2D eigenvalue weighted by molar-refractivity contribution is 6.05. The lowest BCUT2D eigenvalue weighted by Crippen LogP contribution is -2.46. The van der Waals surface area contributed by atoms with Crippen LogP contribution in [0.5, 0.6) is 0 Å². The van der Waals surface area contributed by atoms with Gasteiger partial charge >= 0.3 is 0 Å². The number of hydrogen-bond donors (Lipinski definition) is 2. The highest BCUT2D eigenvalue weighted by Gasteiger charge is 2.36. The lowest BCUT2D eigenvalue weighted by molar-refractivity contribution is 0.0877. The van der Waals surface area contributed by atoms with E-state index in [-0.39, 0.29) is 24.8 Å². The second-order valence-electron chi connectivity index (χ2n) is 9.45. The van der Waals surface area contributed by atoms with E-state index in [0.717, 1.165) is 24.7 Å². The van der Waals surface area contributed by atoms with Crippen molar-refractivity contribution in [3.8, 4) is 0 Å². The Kier molecular flexibility index (Phi) is 6.85. The molecule has 6 heterocycles. The Morgan fingerprint density at radius 2 is 1.74 bits per heavy atom. The zero-order valence-corrected chi connectivity index (χ0v) is 19.9. The molecular weight excluding hydrogens is 431 g/mol. The van der Waals surface area contributed by atoms with Crippen LogP contribution in [0.15, 0.2) is 18.3 Å². The number of likely N-dealkylation sites (N-methyl/N-ethyl adjacent to an activating group) is 1. The van der Waals surface area contributed by atoms with Gasteiger partial charge in [0.25, 0.3) is 0 Å². The number of rotatable bonds is 4. The Hall–Kier alpha value is -1.31. The summed E-state index contributed by atoms with van der Waals surface area (Å²) in [5.41, 5.74) is 5.09. The molecule has 6 nitrogen and oxygen atoms in total. The molecule has 8 heteroatoms. The molecule has 4 aliphatic rings. The van der Waals surface area contributed by atoms with Crippen LogP contribution >= 0.6 is 24.8 Å². The number of nitrogens with one attached hydrogen (secondary N) is 2. The molecule has 1 atom stereocenters. The molecule has 170 valence electrons. The van der Waals surface area contributed by atoms with E-state index in [1.807, 2.05) is 0 Å². The van der Waals surface area contributed by atoms with Crippen molar-refractivity contribution >= 4 is 46.8 Å². The Bertz CT molecular complexity index is 1010. The summed E-state index contributed by atoms with van der Waals surface area (Å²) in [6.07, 6.45) is 5.98. The Labute approximate surface area is 196 Å². The minimum Gasteiger partial charge on any atom is -0.361 e. The molecule has 1 unspecified atom stereocenters. The number of piperazine rings is 1. The molecule has 0 spiro atoms. The highest BCUT2D eigenvalue weighted by atomic mass is 35.5. The topological polar surface area (TPSA) is 54.2 Å². The van der Waals surface area contributed by atoms with Gasteiger partial charge in [-0.25, -0.2) is 4.98 Å². The zero-order valence-electron chi connectivity index (χ0n) is 18.3. The summed E-state index contributed by atoms with van der Waals surface area (Å²) in [4.78, 5) is 19.9. The number of aromatic amines is 2. The maximum absolute atomic E-state index is 5.10. The van der Waals surface area contributed by atoms with Gasteiger partial charge in [-0.2, -0.15) is 0 Å². The fourth-order valence-corrected chi connectivity index (χ4v) is 5.83. The van der Waals surface area contributed by atoms with Crippen molar-refractivity contribution in [3.05, 3.63) is 29.7 Å². The van der Waals surface area contributed by atoms with E-state index in [1.54, 1.807) is 0 Å². The van der Waals surface area contributed by atoms with E-state index in [4.69, 9.17) is 4.98 Å². The SMILES string of the molecule is CN1CCN(CCc2nc3c(ccc4[nH]cc(C5CN6CCC5CC6)c43)[nH]2)CC1.Cl.Cl. The number of piperidine rings is 3. The molecule has 3 aromatic rings. The molecule has 4 saturated heterocycles. The second kappa shape index (κ2) is 9.28. The smallest absolute Gasteiger partial charge is 0.108 e. The van der Waals surface area contributed by atoms with Crippen molar-refractivity contribution in [2.45, 2.75) is 25.2 Å². The van der Waals surface area contributed by atoms with Gasteiger partial charge < -0.3 is 24.7 Å². The monoisotopic (exact) mass is 464 g/mol. The lowest BCUT2D eigenvalue weighted by atomic mass is 9.75. The van der Waals surface area contributed by atoms with Crippen LogP contribution in [-0.4, -0.2) is 89.1 Å². The number of nitrogens with zero attached hydrogens (tertiary/aromatic N) is 4. The molecule has 1 aromatic carbocycles. The molecule has 31 heavy (non-hydrogen) atoms. The molecule has 2 bridgehead atoms. The molecule has 4 aliphatic heterocycles. The Morgan fingerprint density at radius 1 is 1.00 bits per heavy atom. The Morgan fingerprint density at radius 3 is 2.45 bits per heavy atom. The summed E-state index contributed by atoms with van der Waals surface area (Å²) in [6.45, 7) is 9.58. The first-order valence-corrected chi connectivity index (χ1v) is 11.4. The quantitative estimate of drug-likeness (QED) is 0.620.